The Morgan fingerprint density at radius 2 is 1.84 bits per heavy atom. The fourth-order valence-corrected chi connectivity index (χ4v) is 4.73. The third-order valence-corrected chi connectivity index (χ3v) is 7.05. The smallest absolute Gasteiger partial charge is 0.338 e. The van der Waals surface area contributed by atoms with Gasteiger partial charge >= 0.3 is 6.18 Å². The molecule has 1 saturated heterocycles. The van der Waals surface area contributed by atoms with E-state index in [0.29, 0.717) is 13.1 Å². The molecule has 2 aromatic heterocycles. The third-order valence-electron chi connectivity index (χ3n) is 4.94. The maximum absolute atomic E-state index is 12.9. The molecule has 3 aromatic rings. The highest BCUT2D eigenvalue weighted by molar-refractivity contribution is 7.89. The highest BCUT2D eigenvalue weighted by atomic mass is 35.5. The average molecular weight is 488 g/mol. The van der Waals surface area contributed by atoms with Gasteiger partial charge in [0.1, 0.15) is 10.0 Å². The van der Waals surface area contributed by atoms with Crippen LogP contribution >= 0.6 is 11.6 Å². The summed E-state index contributed by atoms with van der Waals surface area (Å²) in [7, 11) is -3.68. The van der Waals surface area contributed by atoms with E-state index in [2.05, 4.69) is 15.1 Å². The minimum Gasteiger partial charge on any atom is -0.338 e. The molecule has 0 amide bonds. The van der Waals surface area contributed by atoms with Crippen LogP contribution in [0.5, 0.6) is 0 Å². The first kappa shape index (κ1) is 22.6. The molecule has 8 nitrogen and oxygen atoms in total. The Kier molecular flexibility index (Phi) is 6.21. The second-order valence-corrected chi connectivity index (χ2v) is 9.41. The van der Waals surface area contributed by atoms with E-state index in [4.69, 9.17) is 16.1 Å². The minimum atomic E-state index is -4.47. The van der Waals surface area contributed by atoms with Gasteiger partial charge in [-0.2, -0.15) is 22.5 Å². The minimum absolute atomic E-state index is 0.0579. The van der Waals surface area contributed by atoms with Crippen molar-refractivity contribution in [2.75, 3.05) is 26.2 Å². The SMILES string of the molecule is O=S(=O)(c1ccc(Cl)nc1)N1CCN(Cc2nc(-c3cccc(C(F)(F)F)c3)no2)CC1. The monoisotopic (exact) mass is 487 g/mol. The molecule has 32 heavy (non-hydrogen) atoms. The van der Waals surface area contributed by atoms with Crippen LogP contribution < -0.4 is 0 Å². The summed E-state index contributed by atoms with van der Waals surface area (Å²) in [6.07, 6.45) is -3.25. The third kappa shape index (κ3) is 4.93. The van der Waals surface area contributed by atoms with Crippen molar-refractivity contribution in [1.82, 2.24) is 24.3 Å². The Balaban J connectivity index is 1.38. The topological polar surface area (TPSA) is 92.4 Å². The molecule has 1 aliphatic heterocycles. The fourth-order valence-electron chi connectivity index (χ4n) is 3.25. The molecule has 0 atom stereocenters. The van der Waals surface area contributed by atoms with Crippen LogP contribution in [-0.4, -0.2) is 58.9 Å². The van der Waals surface area contributed by atoms with E-state index in [-0.39, 0.29) is 47.0 Å². The largest absolute Gasteiger partial charge is 0.416 e. The number of piperazine rings is 1. The van der Waals surface area contributed by atoms with Crippen LogP contribution in [0.1, 0.15) is 11.5 Å². The quantitative estimate of drug-likeness (QED) is 0.510. The highest BCUT2D eigenvalue weighted by Gasteiger charge is 2.31. The van der Waals surface area contributed by atoms with Gasteiger partial charge in [-0.05, 0) is 24.3 Å². The van der Waals surface area contributed by atoms with Crippen LogP contribution in [0, 0.1) is 0 Å². The second-order valence-electron chi connectivity index (χ2n) is 7.09. The van der Waals surface area contributed by atoms with Gasteiger partial charge in [-0.3, -0.25) is 4.90 Å². The molecule has 0 N–H and O–H groups in total. The van der Waals surface area contributed by atoms with E-state index in [1.165, 1.54) is 34.8 Å². The summed E-state index contributed by atoms with van der Waals surface area (Å²) in [4.78, 5) is 9.99. The zero-order chi connectivity index (χ0) is 22.9. The van der Waals surface area contributed by atoms with E-state index in [1.54, 1.807) is 0 Å². The average Bonchev–Trinajstić information content (AvgIpc) is 3.22. The molecule has 4 rings (SSSR count). The van der Waals surface area contributed by atoms with E-state index in [0.717, 1.165) is 12.1 Å². The summed E-state index contributed by atoms with van der Waals surface area (Å²) in [5, 5.41) is 3.98. The maximum atomic E-state index is 12.9. The van der Waals surface area contributed by atoms with E-state index in [9.17, 15) is 21.6 Å². The van der Waals surface area contributed by atoms with Gasteiger partial charge in [0.25, 0.3) is 0 Å². The standard InChI is InChI=1S/C19H17ClF3N5O3S/c20-16-5-4-15(11-24-16)32(29,30)28-8-6-27(7-9-28)12-17-25-18(26-31-17)13-2-1-3-14(10-13)19(21,22)23/h1-5,10-11H,6-9,12H2. The van der Waals surface area contributed by atoms with E-state index < -0.39 is 21.8 Å². The molecule has 13 heteroatoms. The van der Waals surface area contributed by atoms with Crippen LogP contribution in [0.25, 0.3) is 11.4 Å². The van der Waals surface area contributed by atoms with Crippen molar-refractivity contribution in [3.8, 4) is 11.4 Å². The van der Waals surface area contributed by atoms with E-state index in [1.807, 2.05) is 4.90 Å². The fraction of sp³-hybridized carbons (Fsp3) is 0.316. The number of hydrogen-bond donors (Lipinski definition) is 0. The van der Waals surface area contributed by atoms with Gasteiger partial charge in [-0.15, -0.1) is 0 Å². The van der Waals surface area contributed by atoms with Crippen LogP contribution in [0.3, 0.4) is 0 Å². The van der Waals surface area contributed by atoms with Crippen molar-refractivity contribution in [3.63, 3.8) is 0 Å². The lowest BCUT2D eigenvalue weighted by atomic mass is 10.1. The number of pyridine rings is 1. The molecule has 3 heterocycles. The maximum Gasteiger partial charge on any atom is 0.416 e. The lowest BCUT2D eigenvalue weighted by molar-refractivity contribution is -0.137. The molecule has 1 aromatic carbocycles. The second kappa shape index (κ2) is 8.77. The lowest BCUT2D eigenvalue weighted by Crippen LogP contribution is -2.48. The van der Waals surface area contributed by atoms with Gasteiger partial charge < -0.3 is 4.52 Å². The molecule has 1 fully saturated rings. The summed E-state index contributed by atoms with van der Waals surface area (Å²) in [5.41, 5.74) is -0.600. The normalized spacial score (nSPS) is 16.4. The van der Waals surface area contributed by atoms with Gasteiger partial charge in [0.05, 0.1) is 12.1 Å². The molecular formula is C19H17ClF3N5O3S. The van der Waals surface area contributed by atoms with Crippen molar-refractivity contribution in [2.24, 2.45) is 0 Å². The Labute approximate surface area is 186 Å². The van der Waals surface area contributed by atoms with Crippen molar-refractivity contribution in [2.45, 2.75) is 17.6 Å². The first-order valence-electron chi connectivity index (χ1n) is 9.47. The number of alkyl halides is 3. The van der Waals surface area contributed by atoms with Crippen LogP contribution in [0.2, 0.25) is 5.15 Å². The summed E-state index contributed by atoms with van der Waals surface area (Å²) < 4.78 is 70.7. The van der Waals surface area contributed by atoms with Gasteiger partial charge in [0, 0.05) is 37.9 Å². The highest BCUT2D eigenvalue weighted by Crippen LogP contribution is 2.31. The number of nitrogens with zero attached hydrogens (tertiary/aromatic N) is 5. The first-order valence-corrected chi connectivity index (χ1v) is 11.3. The Morgan fingerprint density at radius 3 is 2.50 bits per heavy atom. The van der Waals surface area contributed by atoms with Crippen LogP contribution in [0.4, 0.5) is 13.2 Å². The van der Waals surface area contributed by atoms with Gasteiger partial charge in [0.15, 0.2) is 0 Å². The van der Waals surface area contributed by atoms with Crippen LogP contribution in [-0.2, 0) is 22.7 Å². The summed E-state index contributed by atoms with van der Waals surface area (Å²) >= 11 is 5.72. The summed E-state index contributed by atoms with van der Waals surface area (Å²) in [6, 6.07) is 7.51. The number of benzene rings is 1. The van der Waals surface area contributed by atoms with Gasteiger partial charge in [-0.1, -0.05) is 28.9 Å². The van der Waals surface area contributed by atoms with Crippen molar-refractivity contribution in [1.29, 1.82) is 0 Å². The number of aromatic nitrogens is 3. The molecule has 0 spiro atoms. The van der Waals surface area contributed by atoms with Crippen LogP contribution in [0.15, 0.2) is 52.0 Å². The molecule has 0 unspecified atom stereocenters. The Bertz CT molecular complexity index is 1190. The molecule has 0 aliphatic carbocycles. The predicted octanol–water partition coefficient (Wildman–Crippen LogP) is 3.31. The molecule has 1 aliphatic rings. The summed E-state index contributed by atoms with van der Waals surface area (Å²) in [6.45, 7) is 1.59. The predicted molar refractivity (Wildman–Crippen MR) is 108 cm³/mol. The van der Waals surface area contributed by atoms with Gasteiger partial charge in [0.2, 0.25) is 21.7 Å². The molecule has 0 bridgehead atoms. The Morgan fingerprint density at radius 1 is 1.09 bits per heavy atom. The molecule has 0 saturated carbocycles. The molecule has 170 valence electrons. The van der Waals surface area contributed by atoms with E-state index >= 15 is 0 Å². The van der Waals surface area contributed by atoms with Crippen molar-refractivity contribution >= 4 is 21.6 Å². The first-order chi connectivity index (χ1) is 15.1. The lowest BCUT2D eigenvalue weighted by Gasteiger charge is -2.33. The number of halogens is 4. The molecule has 0 radical (unpaired) electrons. The summed E-state index contributed by atoms with van der Waals surface area (Å²) in [5.74, 6) is 0.290. The molecular weight excluding hydrogens is 471 g/mol. The number of sulfonamides is 1. The Hall–Kier alpha value is -2.54. The zero-order valence-electron chi connectivity index (χ0n) is 16.5. The van der Waals surface area contributed by atoms with Gasteiger partial charge in [-0.25, -0.2) is 13.4 Å². The number of rotatable bonds is 5. The van der Waals surface area contributed by atoms with Crippen molar-refractivity contribution in [3.05, 3.63) is 59.2 Å². The number of hydrogen-bond acceptors (Lipinski definition) is 7. The zero-order valence-corrected chi connectivity index (χ0v) is 18.0. The van der Waals surface area contributed by atoms with Crippen molar-refractivity contribution < 1.29 is 26.1 Å².